The van der Waals surface area contributed by atoms with Crippen LogP contribution < -0.4 is 5.32 Å². The van der Waals surface area contributed by atoms with Gasteiger partial charge in [0.25, 0.3) is 5.91 Å². The number of anilines is 1. The van der Waals surface area contributed by atoms with Gasteiger partial charge in [0.05, 0.1) is 17.8 Å². The van der Waals surface area contributed by atoms with E-state index in [1.54, 1.807) is 4.90 Å². The van der Waals surface area contributed by atoms with E-state index in [0.717, 1.165) is 24.1 Å². The average molecular weight is 472 g/mol. The zero-order chi connectivity index (χ0) is 24.5. The van der Waals surface area contributed by atoms with Crippen molar-refractivity contribution in [3.63, 3.8) is 0 Å². The molecule has 2 heterocycles. The zero-order valence-electron chi connectivity index (χ0n) is 20.4. The summed E-state index contributed by atoms with van der Waals surface area (Å²) >= 11 is 0. The first-order valence-electron chi connectivity index (χ1n) is 11.9. The van der Waals surface area contributed by atoms with Crippen molar-refractivity contribution >= 4 is 17.8 Å². The number of benzene rings is 1. The van der Waals surface area contributed by atoms with Crippen LogP contribution in [0.2, 0.25) is 0 Å². The van der Waals surface area contributed by atoms with Crippen LogP contribution in [0, 0.1) is 11.7 Å². The van der Waals surface area contributed by atoms with Crippen LogP contribution in [0.3, 0.4) is 0 Å². The summed E-state index contributed by atoms with van der Waals surface area (Å²) in [6.45, 7) is 4.84. The number of halogens is 1. The van der Waals surface area contributed by atoms with E-state index in [4.69, 9.17) is 4.74 Å². The second-order valence-electron chi connectivity index (χ2n) is 10.1. The van der Waals surface area contributed by atoms with E-state index >= 15 is 0 Å². The minimum absolute atomic E-state index is 0.159. The SMILES string of the molecule is CN(C)CC(OC(=O)N1Cc2c(NC(=O)c3ccc(F)cc3)n[nH]c2C1(C)C)C1CCCCC1. The number of nitrogens with one attached hydrogen (secondary N) is 2. The van der Waals surface area contributed by atoms with Gasteiger partial charge >= 0.3 is 6.09 Å². The summed E-state index contributed by atoms with van der Waals surface area (Å²) in [5.74, 6) is -0.0638. The van der Waals surface area contributed by atoms with Gasteiger partial charge in [-0.25, -0.2) is 9.18 Å². The predicted molar refractivity (Wildman–Crippen MR) is 127 cm³/mol. The highest BCUT2D eigenvalue weighted by Crippen LogP contribution is 2.41. The van der Waals surface area contributed by atoms with E-state index < -0.39 is 17.3 Å². The van der Waals surface area contributed by atoms with Gasteiger partial charge in [-0.3, -0.25) is 14.8 Å². The van der Waals surface area contributed by atoms with Crippen molar-refractivity contribution < 1.29 is 18.7 Å². The third-order valence-electron chi connectivity index (χ3n) is 7.00. The molecule has 8 nitrogen and oxygen atoms in total. The van der Waals surface area contributed by atoms with Gasteiger partial charge in [-0.1, -0.05) is 19.3 Å². The largest absolute Gasteiger partial charge is 0.444 e. The molecule has 1 aromatic carbocycles. The molecule has 2 amide bonds. The molecule has 2 N–H and O–H groups in total. The van der Waals surface area contributed by atoms with Crippen LogP contribution in [-0.2, 0) is 16.8 Å². The Morgan fingerprint density at radius 2 is 1.91 bits per heavy atom. The molecular formula is C25H34FN5O3. The van der Waals surface area contributed by atoms with Gasteiger partial charge in [-0.15, -0.1) is 0 Å². The average Bonchev–Trinajstić information content (AvgIpc) is 3.32. The number of amides is 2. The number of likely N-dealkylation sites (N-methyl/N-ethyl adjacent to an activating group) is 1. The molecule has 1 aliphatic heterocycles. The van der Waals surface area contributed by atoms with E-state index in [2.05, 4.69) is 20.4 Å². The van der Waals surface area contributed by atoms with E-state index in [1.807, 2.05) is 27.9 Å². The Morgan fingerprint density at radius 1 is 1.24 bits per heavy atom. The summed E-state index contributed by atoms with van der Waals surface area (Å²) in [7, 11) is 3.99. The van der Waals surface area contributed by atoms with Crippen molar-refractivity contribution in [1.82, 2.24) is 20.0 Å². The summed E-state index contributed by atoms with van der Waals surface area (Å²) in [6, 6.07) is 5.31. The molecule has 1 aliphatic carbocycles. The number of aromatic amines is 1. The number of rotatable bonds is 6. The van der Waals surface area contributed by atoms with Crippen molar-refractivity contribution in [3.05, 3.63) is 46.9 Å². The molecule has 184 valence electrons. The normalized spacial score (nSPS) is 18.6. The van der Waals surface area contributed by atoms with Gasteiger partial charge in [0.15, 0.2) is 5.82 Å². The highest BCUT2D eigenvalue weighted by molar-refractivity contribution is 6.04. The fourth-order valence-corrected chi connectivity index (χ4v) is 5.03. The summed E-state index contributed by atoms with van der Waals surface area (Å²) in [4.78, 5) is 29.8. The standard InChI is InChI=1S/C25H34FN5O3/c1-25(2)21-19(22(29-28-21)27-23(32)17-10-12-18(26)13-11-17)14-31(25)24(33)34-20(15-30(3)4)16-8-6-5-7-9-16/h10-13,16,20H,5-9,14-15H2,1-4H3,(H2,27,28,29,32). The van der Waals surface area contributed by atoms with Crippen LogP contribution in [-0.4, -0.2) is 58.7 Å². The number of H-pyrrole nitrogens is 1. The lowest BCUT2D eigenvalue weighted by Crippen LogP contribution is -2.45. The summed E-state index contributed by atoms with van der Waals surface area (Å²) in [6.07, 6.45) is 5.24. The molecule has 0 saturated heterocycles. The van der Waals surface area contributed by atoms with Gasteiger partial charge in [-0.2, -0.15) is 5.10 Å². The smallest absolute Gasteiger partial charge is 0.411 e. The van der Waals surface area contributed by atoms with Crippen LogP contribution in [0.15, 0.2) is 24.3 Å². The van der Waals surface area contributed by atoms with Crippen LogP contribution in [0.25, 0.3) is 0 Å². The van der Waals surface area contributed by atoms with Gasteiger partial charge < -0.3 is 15.0 Å². The summed E-state index contributed by atoms with van der Waals surface area (Å²) < 4.78 is 19.3. The Hall–Kier alpha value is -2.94. The van der Waals surface area contributed by atoms with Crippen LogP contribution in [0.5, 0.6) is 0 Å². The number of fused-ring (bicyclic) bond motifs is 1. The molecule has 1 atom stereocenters. The number of hydrogen-bond acceptors (Lipinski definition) is 5. The van der Waals surface area contributed by atoms with Crippen molar-refractivity contribution in [2.24, 2.45) is 5.92 Å². The van der Waals surface area contributed by atoms with Crippen LogP contribution in [0.1, 0.15) is 67.6 Å². The first kappa shape index (κ1) is 24.2. The molecule has 0 bridgehead atoms. The number of hydrogen-bond donors (Lipinski definition) is 2. The molecule has 2 aromatic rings. The van der Waals surface area contributed by atoms with Crippen LogP contribution >= 0.6 is 0 Å². The topological polar surface area (TPSA) is 90.6 Å². The van der Waals surface area contributed by atoms with Gasteiger partial charge in [0.1, 0.15) is 11.9 Å². The van der Waals surface area contributed by atoms with E-state index in [1.165, 1.54) is 43.5 Å². The van der Waals surface area contributed by atoms with Gasteiger partial charge in [0, 0.05) is 17.7 Å². The molecule has 4 rings (SSSR count). The number of nitrogens with zero attached hydrogens (tertiary/aromatic N) is 3. The van der Waals surface area contributed by atoms with Gasteiger partial charge in [0.2, 0.25) is 0 Å². The Balaban J connectivity index is 1.48. The lowest BCUT2D eigenvalue weighted by atomic mass is 9.85. The molecule has 1 unspecified atom stereocenters. The molecule has 2 aliphatic rings. The molecule has 1 fully saturated rings. The Labute approximate surface area is 199 Å². The molecule has 34 heavy (non-hydrogen) atoms. The second-order valence-corrected chi connectivity index (χ2v) is 10.1. The first-order chi connectivity index (χ1) is 16.2. The monoisotopic (exact) mass is 471 g/mol. The van der Waals surface area contributed by atoms with E-state index in [0.29, 0.717) is 23.8 Å². The molecule has 9 heteroatoms. The first-order valence-corrected chi connectivity index (χ1v) is 11.9. The van der Waals surface area contributed by atoms with Crippen molar-refractivity contribution in [3.8, 4) is 0 Å². The van der Waals surface area contributed by atoms with Gasteiger partial charge in [-0.05, 0) is 71.0 Å². The third-order valence-corrected chi connectivity index (χ3v) is 7.00. The number of carbonyl (C=O) groups excluding carboxylic acids is 2. The molecule has 0 radical (unpaired) electrons. The quantitative estimate of drug-likeness (QED) is 0.647. The molecule has 1 aromatic heterocycles. The predicted octanol–water partition coefficient (Wildman–Crippen LogP) is 4.50. The minimum Gasteiger partial charge on any atom is -0.444 e. The fraction of sp³-hybridized carbons (Fsp3) is 0.560. The summed E-state index contributed by atoms with van der Waals surface area (Å²) in [5, 5.41) is 10.0. The van der Waals surface area contributed by atoms with Crippen molar-refractivity contribution in [2.75, 3.05) is 26.0 Å². The zero-order valence-corrected chi connectivity index (χ0v) is 20.4. The Morgan fingerprint density at radius 3 is 2.56 bits per heavy atom. The van der Waals surface area contributed by atoms with Crippen LogP contribution in [0.4, 0.5) is 15.0 Å². The summed E-state index contributed by atoms with van der Waals surface area (Å²) in [5.41, 5.74) is 1.17. The molecule has 0 spiro atoms. The maximum Gasteiger partial charge on any atom is 0.411 e. The molecule has 1 saturated carbocycles. The molecular weight excluding hydrogens is 437 g/mol. The number of carbonyl (C=O) groups is 2. The van der Waals surface area contributed by atoms with E-state index in [-0.39, 0.29) is 18.7 Å². The third kappa shape index (κ3) is 4.94. The van der Waals surface area contributed by atoms with Crippen molar-refractivity contribution in [1.29, 1.82) is 0 Å². The second kappa shape index (κ2) is 9.74. The Bertz CT molecular complexity index is 1030. The van der Waals surface area contributed by atoms with E-state index in [9.17, 15) is 14.0 Å². The van der Waals surface area contributed by atoms with Crippen molar-refractivity contribution in [2.45, 2.75) is 64.1 Å². The number of aromatic nitrogens is 2. The maximum absolute atomic E-state index is 13.4. The highest BCUT2D eigenvalue weighted by Gasteiger charge is 2.45. The fourth-order valence-electron chi connectivity index (χ4n) is 5.03. The Kier molecular flexibility index (Phi) is 6.93. The maximum atomic E-state index is 13.4. The minimum atomic E-state index is -0.673. The number of ether oxygens (including phenoxy) is 1. The highest BCUT2D eigenvalue weighted by atomic mass is 19.1. The lowest BCUT2D eigenvalue weighted by Gasteiger charge is -2.36. The lowest BCUT2D eigenvalue weighted by molar-refractivity contribution is -0.00392.